The third-order valence-corrected chi connectivity index (χ3v) is 8.96. The first-order chi connectivity index (χ1) is 23.3. The van der Waals surface area contributed by atoms with Crippen molar-refractivity contribution in [1.29, 1.82) is 0 Å². The molecule has 0 aliphatic heterocycles. The predicted molar refractivity (Wildman–Crippen MR) is 172 cm³/mol. The quantitative estimate of drug-likeness (QED) is 0.132. The highest BCUT2D eigenvalue weighted by Gasteiger charge is 2.36. The van der Waals surface area contributed by atoms with E-state index >= 15 is 0 Å². The van der Waals surface area contributed by atoms with E-state index in [9.17, 15) is 48.2 Å². The van der Waals surface area contributed by atoms with Crippen LogP contribution in [-0.4, -0.2) is 76.1 Å². The van der Waals surface area contributed by atoms with Crippen LogP contribution >= 0.6 is 7.82 Å². The van der Waals surface area contributed by atoms with E-state index in [1.807, 2.05) is 0 Å². The predicted octanol–water partition coefficient (Wildman–Crippen LogP) is 2.49. The molecule has 0 radical (unpaired) electrons. The van der Waals surface area contributed by atoms with Gasteiger partial charge in [-0.15, -0.1) is 0 Å². The molecule has 4 aromatic rings. The third kappa shape index (κ3) is 6.41. The van der Waals surface area contributed by atoms with Crippen LogP contribution in [0.1, 0.15) is 84.4 Å². The van der Waals surface area contributed by atoms with Crippen molar-refractivity contribution in [1.82, 2.24) is 10.6 Å². The second kappa shape index (κ2) is 12.9. The number of aliphatic hydroxyl groups excluding tert-OH is 1. The minimum Gasteiger partial charge on any atom is -0.396 e. The molecule has 5 N–H and O–H groups in total. The van der Waals surface area contributed by atoms with E-state index in [4.69, 9.17) is 0 Å². The molecule has 2 aliphatic rings. The summed E-state index contributed by atoms with van der Waals surface area (Å²) in [5.41, 5.74) is -0.516. The van der Waals surface area contributed by atoms with Crippen molar-refractivity contribution in [2.24, 2.45) is 5.41 Å². The summed E-state index contributed by atoms with van der Waals surface area (Å²) in [6.07, 6.45) is 0. The molecule has 0 atom stereocenters. The summed E-state index contributed by atoms with van der Waals surface area (Å²) in [6, 6.07) is 20.5. The van der Waals surface area contributed by atoms with Crippen molar-refractivity contribution < 1.29 is 52.7 Å². The zero-order chi connectivity index (χ0) is 35.1. The highest BCUT2D eigenvalue weighted by atomic mass is 31.2. The van der Waals surface area contributed by atoms with Gasteiger partial charge in [-0.2, -0.15) is 0 Å². The largest absolute Gasteiger partial charge is 0.469 e. The number of hydrogen-bond donors (Lipinski definition) is 5. The molecule has 0 saturated heterocycles. The lowest BCUT2D eigenvalue weighted by Gasteiger charge is -2.32. The molecule has 248 valence electrons. The molecule has 4 aromatic carbocycles. The normalized spacial score (nSPS) is 13.6. The second-order valence-corrected chi connectivity index (χ2v) is 13.0. The molecule has 0 spiro atoms. The molecule has 49 heavy (non-hydrogen) atoms. The van der Waals surface area contributed by atoms with E-state index in [1.165, 1.54) is 60.7 Å². The fraction of sp³-hybridized carbons (Fsp3) is 0.143. The van der Waals surface area contributed by atoms with Crippen molar-refractivity contribution in [3.63, 3.8) is 0 Å². The Kier molecular flexibility index (Phi) is 8.80. The maximum atomic E-state index is 13.2. The van der Waals surface area contributed by atoms with Gasteiger partial charge in [0.1, 0.15) is 0 Å². The van der Waals surface area contributed by atoms with Gasteiger partial charge in [-0.25, -0.2) is 4.57 Å². The van der Waals surface area contributed by atoms with Gasteiger partial charge in [0.2, 0.25) is 0 Å². The first-order valence-corrected chi connectivity index (χ1v) is 16.4. The Balaban J connectivity index is 1.19. The van der Waals surface area contributed by atoms with E-state index in [-0.39, 0.29) is 67.2 Å². The molecule has 14 heteroatoms. The zero-order valence-electron chi connectivity index (χ0n) is 25.5. The first kappa shape index (κ1) is 33.5. The lowest BCUT2D eigenvalue weighted by atomic mass is 9.83. The fourth-order valence-electron chi connectivity index (χ4n) is 5.76. The van der Waals surface area contributed by atoms with Gasteiger partial charge < -0.3 is 25.5 Å². The summed E-state index contributed by atoms with van der Waals surface area (Å²) in [5.74, 6) is -3.14. The Hall–Kier alpha value is -5.43. The average Bonchev–Trinajstić information content (AvgIpc) is 3.11. The number of amides is 2. The van der Waals surface area contributed by atoms with E-state index in [0.717, 1.165) is 0 Å². The van der Waals surface area contributed by atoms with Crippen LogP contribution in [0.5, 0.6) is 0 Å². The summed E-state index contributed by atoms with van der Waals surface area (Å²) < 4.78 is 16.2. The van der Waals surface area contributed by atoms with Gasteiger partial charge >= 0.3 is 7.82 Å². The lowest BCUT2D eigenvalue weighted by Crippen LogP contribution is -2.50. The number of carbonyl (C=O) groups is 6. The molecule has 0 bridgehead atoms. The Labute approximate surface area is 278 Å². The van der Waals surface area contributed by atoms with Gasteiger partial charge in [0.15, 0.2) is 23.1 Å². The van der Waals surface area contributed by atoms with Crippen molar-refractivity contribution in [2.75, 3.05) is 26.3 Å². The van der Waals surface area contributed by atoms with Gasteiger partial charge in [-0.1, -0.05) is 48.5 Å². The first-order valence-electron chi connectivity index (χ1n) is 14.8. The molecule has 2 amide bonds. The van der Waals surface area contributed by atoms with Crippen molar-refractivity contribution in [3.8, 4) is 0 Å². The number of fused-ring (bicyclic) bond motifs is 4. The Morgan fingerprint density at radius 2 is 0.939 bits per heavy atom. The summed E-state index contributed by atoms with van der Waals surface area (Å²) in [6.45, 7) is -2.57. The van der Waals surface area contributed by atoms with Gasteiger partial charge in [0.25, 0.3) is 11.8 Å². The van der Waals surface area contributed by atoms with Crippen LogP contribution in [0, 0.1) is 5.41 Å². The lowest BCUT2D eigenvalue weighted by molar-refractivity contribution is 0.0469. The summed E-state index contributed by atoms with van der Waals surface area (Å²) in [5, 5.41) is 15.5. The number of benzene rings is 4. The summed E-state index contributed by atoms with van der Waals surface area (Å²) >= 11 is 0. The highest BCUT2D eigenvalue weighted by Crippen LogP contribution is 2.38. The molecule has 0 saturated carbocycles. The second-order valence-electron chi connectivity index (χ2n) is 11.7. The summed E-state index contributed by atoms with van der Waals surface area (Å²) in [4.78, 5) is 97.3. The Morgan fingerprint density at radius 3 is 1.29 bits per heavy atom. The molecule has 6 rings (SSSR count). The van der Waals surface area contributed by atoms with Crippen molar-refractivity contribution in [3.05, 3.63) is 141 Å². The standard InChI is InChI=1S/C35H27N2O11P/c38-17-35(18-48-49(45,46)47,15-36-33(43)19-9-11-25-27(13-19)31(41)23-7-3-1-5-21(23)29(25)39)16-37-34(44)20-10-12-26-28(14-20)32(42)24-8-4-2-6-22(24)30(26)40/h1-14,38H,15-18H2,(H,36,43)(H,37,44)(H2,45,46,47). The maximum absolute atomic E-state index is 13.2. The molecular weight excluding hydrogens is 655 g/mol. The summed E-state index contributed by atoms with van der Waals surface area (Å²) in [7, 11) is -5.07. The minimum atomic E-state index is -5.07. The van der Waals surface area contributed by atoms with Crippen LogP contribution in [0.3, 0.4) is 0 Å². The van der Waals surface area contributed by atoms with Crippen molar-refractivity contribution in [2.45, 2.75) is 0 Å². The van der Waals surface area contributed by atoms with Crippen molar-refractivity contribution >= 4 is 42.8 Å². The van der Waals surface area contributed by atoms with Gasteiger partial charge in [-0.05, 0) is 36.4 Å². The number of rotatable bonds is 10. The third-order valence-electron chi connectivity index (χ3n) is 8.50. The molecule has 0 heterocycles. The highest BCUT2D eigenvalue weighted by molar-refractivity contribution is 7.46. The topological polar surface area (TPSA) is 213 Å². The molecule has 13 nitrogen and oxygen atoms in total. The monoisotopic (exact) mass is 682 g/mol. The van der Waals surface area contributed by atoms with Crippen LogP contribution in [-0.2, 0) is 9.09 Å². The number of hydrogen-bond acceptors (Lipinski definition) is 9. The van der Waals surface area contributed by atoms with E-state index in [2.05, 4.69) is 15.2 Å². The number of phosphoric ester groups is 1. The van der Waals surface area contributed by atoms with Gasteiger partial charge in [0.05, 0.1) is 18.6 Å². The minimum absolute atomic E-state index is 0.0130. The Bertz CT molecular complexity index is 2020. The van der Waals surface area contributed by atoms with E-state index in [1.54, 1.807) is 24.3 Å². The van der Waals surface area contributed by atoms with Crippen LogP contribution < -0.4 is 10.6 Å². The van der Waals surface area contributed by atoms with Gasteiger partial charge in [-0.3, -0.25) is 33.3 Å². The zero-order valence-corrected chi connectivity index (χ0v) is 26.4. The number of ketones is 4. The van der Waals surface area contributed by atoms with Crippen LogP contribution in [0.2, 0.25) is 0 Å². The smallest absolute Gasteiger partial charge is 0.396 e. The SMILES string of the molecule is O=C(NCC(CO)(CNC(=O)c1ccc2c(c1)C(=O)c1ccccc1C2=O)COP(=O)(O)O)c1ccc2c(c1)C(=O)c1ccccc1C2=O. The fourth-order valence-corrected chi connectivity index (χ4v) is 6.21. The number of phosphoric acid groups is 1. The number of aliphatic hydroxyl groups is 1. The Morgan fingerprint density at radius 1 is 0.592 bits per heavy atom. The molecule has 0 fully saturated rings. The molecule has 0 aromatic heterocycles. The molecule has 2 aliphatic carbocycles. The van der Waals surface area contributed by atoms with Crippen LogP contribution in [0.4, 0.5) is 0 Å². The molecular formula is C35H27N2O11P. The average molecular weight is 683 g/mol. The van der Waals surface area contributed by atoms with E-state index < -0.39 is 62.9 Å². The maximum Gasteiger partial charge on any atom is 0.469 e. The van der Waals surface area contributed by atoms with E-state index in [0.29, 0.717) is 0 Å². The number of nitrogens with one attached hydrogen (secondary N) is 2. The van der Waals surface area contributed by atoms with Crippen LogP contribution in [0.15, 0.2) is 84.9 Å². The molecule has 0 unspecified atom stereocenters. The number of carbonyl (C=O) groups excluding carboxylic acids is 6. The van der Waals surface area contributed by atoms with Gasteiger partial charge in [0, 0.05) is 68.7 Å². The van der Waals surface area contributed by atoms with Crippen LogP contribution in [0.25, 0.3) is 0 Å².